The average molecular weight is 333 g/mol. The zero-order chi connectivity index (χ0) is 14.2. The summed E-state index contributed by atoms with van der Waals surface area (Å²) in [5.74, 6) is 2.08. The van der Waals surface area contributed by atoms with Gasteiger partial charge in [-0.05, 0) is 0 Å². The molecule has 0 N–H and O–H groups in total. The fraction of sp³-hybridized carbons (Fsp3) is 0.538. The van der Waals surface area contributed by atoms with E-state index in [9.17, 15) is 0 Å². The van der Waals surface area contributed by atoms with Gasteiger partial charge in [-0.3, -0.25) is 0 Å². The van der Waals surface area contributed by atoms with Gasteiger partial charge in [-0.15, -0.1) is 0 Å². The molecule has 0 saturated carbocycles. The molecule has 100 valence electrons. The average Bonchev–Trinajstić information content (AvgIpc) is 2.96. The van der Waals surface area contributed by atoms with Crippen LogP contribution < -0.4 is 0 Å². The molecule has 0 aromatic carbocycles. The summed E-state index contributed by atoms with van der Waals surface area (Å²) >= 11 is 1.59. The Morgan fingerprint density at radius 3 is 2.68 bits per heavy atom. The summed E-state index contributed by atoms with van der Waals surface area (Å²) in [6.45, 7) is 8.68. The molecular formula is C13H19GaN4S. The summed E-state index contributed by atoms with van der Waals surface area (Å²) in [6, 6.07) is 2.11. The molecule has 0 aliphatic carbocycles. The quantitative estimate of drug-likeness (QED) is 0.808. The van der Waals surface area contributed by atoms with Crippen LogP contribution in [0.2, 0.25) is 0 Å². The SMILES string of the molecule is CCC(C)(C)c1ccn(-c2c([S][Ga])nc(C)n2C)n1. The predicted molar refractivity (Wildman–Crippen MR) is 80.0 cm³/mol. The van der Waals surface area contributed by atoms with E-state index in [1.165, 1.54) is 0 Å². The normalized spacial score (nSPS) is 12.1. The maximum absolute atomic E-state index is 4.76. The predicted octanol–water partition coefficient (Wildman–Crippen LogP) is 2.78. The van der Waals surface area contributed by atoms with Crippen LogP contribution in [0.4, 0.5) is 0 Å². The summed E-state index contributed by atoms with van der Waals surface area (Å²) in [4.78, 5) is 4.58. The number of rotatable bonds is 4. The van der Waals surface area contributed by atoms with E-state index in [0.717, 1.165) is 28.8 Å². The van der Waals surface area contributed by atoms with E-state index >= 15 is 0 Å². The third-order valence-corrected chi connectivity index (χ3v) is 5.66. The van der Waals surface area contributed by atoms with Crippen molar-refractivity contribution in [1.82, 2.24) is 19.3 Å². The third-order valence-electron chi connectivity index (χ3n) is 3.75. The number of hydrogen-bond donors (Lipinski definition) is 0. The van der Waals surface area contributed by atoms with Crippen LogP contribution in [0.1, 0.15) is 38.7 Å². The molecule has 0 bridgehead atoms. The molecule has 4 nitrogen and oxygen atoms in total. The number of aryl methyl sites for hydroxylation is 1. The van der Waals surface area contributed by atoms with Gasteiger partial charge in [0.25, 0.3) is 0 Å². The van der Waals surface area contributed by atoms with Gasteiger partial charge in [-0.1, -0.05) is 0 Å². The maximum atomic E-state index is 4.76. The molecular weight excluding hydrogens is 314 g/mol. The molecule has 6 heteroatoms. The van der Waals surface area contributed by atoms with Gasteiger partial charge in [0, 0.05) is 0 Å². The van der Waals surface area contributed by atoms with E-state index < -0.39 is 0 Å². The van der Waals surface area contributed by atoms with Crippen molar-refractivity contribution >= 4 is 27.1 Å². The molecule has 0 fully saturated rings. The van der Waals surface area contributed by atoms with Crippen molar-refractivity contribution in [3.05, 3.63) is 23.8 Å². The van der Waals surface area contributed by atoms with Crippen molar-refractivity contribution in [1.29, 1.82) is 0 Å². The minimum absolute atomic E-state index is 0.113. The van der Waals surface area contributed by atoms with Gasteiger partial charge in [-0.25, -0.2) is 0 Å². The van der Waals surface area contributed by atoms with E-state index in [2.05, 4.69) is 36.4 Å². The third kappa shape index (κ3) is 2.66. The number of hydrogen-bond acceptors (Lipinski definition) is 3. The van der Waals surface area contributed by atoms with Crippen molar-refractivity contribution < 1.29 is 0 Å². The minimum atomic E-state index is 0.113. The summed E-state index contributed by atoms with van der Waals surface area (Å²) in [5, 5.41) is 5.80. The monoisotopic (exact) mass is 332 g/mol. The topological polar surface area (TPSA) is 35.6 Å². The van der Waals surface area contributed by atoms with Gasteiger partial charge in [0.15, 0.2) is 0 Å². The second-order valence-corrected chi connectivity index (χ2v) is 7.45. The first-order valence-corrected chi connectivity index (χ1v) is 10.2. The van der Waals surface area contributed by atoms with E-state index in [1.807, 2.05) is 24.9 Å². The Kier molecular flexibility index (Phi) is 4.22. The van der Waals surface area contributed by atoms with Crippen molar-refractivity contribution in [3.63, 3.8) is 0 Å². The Bertz CT molecular complexity index is 585. The van der Waals surface area contributed by atoms with Crippen molar-refractivity contribution in [3.8, 4) is 5.82 Å². The van der Waals surface area contributed by atoms with Gasteiger partial charge in [0.2, 0.25) is 0 Å². The zero-order valence-corrected chi connectivity index (χ0v) is 15.4. The summed E-state index contributed by atoms with van der Waals surface area (Å²) in [6.07, 6.45) is 3.11. The van der Waals surface area contributed by atoms with Crippen LogP contribution in [0.25, 0.3) is 5.82 Å². The molecule has 2 aromatic rings. The van der Waals surface area contributed by atoms with Crippen molar-refractivity contribution in [2.75, 3.05) is 0 Å². The molecule has 0 spiro atoms. The molecule has 2 aromatic heterocycles. The van der Waals surface area contributed by atoms with Crippen LogP contribution in [0, 0.1) is 6.92 Å². The molecule has 0 atom stereocenters. The summed E-state index contributed by atoms with van der Waals surface area (Å²) in [5.41, 5.74) is 1.24. The van der Waals surface area contributed by atoms with Crippen LogP contribution >= 0.6 is 9.70 Å². The van der Waals surface area contributed by atoms with E-state index in [-0.39, 0.29) is 5.41 Å². The van der Waals surface area contributed by atoms with Gasteiger partial charge in [-0.2, -0.15) is 0 Å². The zero-order valence-electron chi connectivity index (χ0n) is 12.1. The van der Waals surface area contributed by atoms with E-state index in [1.54, 1.807) is 27.1 Å². The molecule has 0 amide bonds. The molecule has 19 heavy (non-hydrogen) atoms. The Labute approximate surface area is 127 Å². The Morgan fingerprint density at radius 2 is 2.11 bits per heavy atom. The molecule has 2 rings (SSSR count). The second kappa shape index (κ2) is 5.42. The number of imidazole rings is 1. The molecule has 2 radical (unpaired) electrons. The van der Waals surface area contributed by atoms with E-state index in [0.29, 0.717) is 0 Å². The van der Waals surface area contributed by atoms with E-state index in [4.69, 9.17) is 5.10 Å². The first-order valence-electron chi connectivity index (χ1n) is 6.37. The molecule has 2 heterocycles. The Balaban J connectivity index is 2.49. The first-order chi connectivity index (χ1) is 8.90. The number of aromatic nitrogens is 4. The summed E-state index contributed by atoms with van der Waals surface area (Å²) < 4.78 is 4.05. The van der Waals surface area contributed by atoms with Crippen LogP contribution in [0.3, 0.4) is 0 Å². The summed E-state index contributed by atoms with van der Waals surface area (Å²) in [7, 11) is 3.76. The molecule has 0 aliphatic heterocycles. The van der Waals surface area contributed by atoms with Crippen molar-refractivity contribution in [2.45, 2.75) is 44.6 Å². The van der Waals surface area contributed by atoms with Gasteiger partial charge in [0.1, 0.15) is 0 Å². The Hall–Kier alpha value is -0.594. The van der Waals surface area contributed by atoms with Gasteiger partial charge < -0.3 is 0 Å². The molecule has 0 unspecified atom stereocenters. The van der Waals surface area contributed by atoms with Gasteiger partial charge in [0.05, 0.1) is 0 Å². The molecule has 0 saturated heterocycles. The van der Waals surface area contributed by atoms with Crippen molar-refractivity contribution in [2.24, 2.45) is 7.05 Å². The first kappa shape index (κ1) is 14.8. The molecule has 0 aliphatic rings. The van der Waals surface area contributed by atoms with Crippen LogP contribution in [0.5, 0.6) is 0 Å². The van der Waals surface area contributed by atoms with Crippen LogP contribution in [-0.4, -0.2) is 36.7 Å². The van der Waals surface area contributed by atoms with Gasteiger partial charge >= 0.3 is 128 Å². The fourth-order valence-electron chi connectivity index (χ4n) is 1.88. The van der Waals surface area contributed by atoms with Crippen LogP contribution in [0.15, 0.2) is 17.3 Å². The van der Waals surface area contributed by atoms with Crippen LogP contribution in [-0.2, 0) is 12.5 Å². The second-order valence-electron chi connectivity index (χ2n) is 5.35. The number of nitrogens with zero attached hydrogens (tertiary/aromatic N) is 4. The standard InChI is InChI=1S/C13H20N4S.Ga/c1-6-13(3,4)10-7-8-17(15-10)12-11(18)14-9(2)16(12)5;/h7-8,18H,6H2,1-5H3;/q;+1/p-1. The fourth-order valence-corrected chi connectivity index (χ4v) is 3.40. The Morgan fingerprint density at radius 1 is 1.42 bits per heavy atom.